The number of sulfone groups is 1. The molecule has 1 fully saturated rings. The monoisotopic (exact) mass is 297 g/mol. The van der Waals surface area contributed by atoms with Gasteiger partial charge in [0.1, 0.15) is 5.82 Å². The van der Waals surface area contributed by atoms with Gasteiger partial charge in [-0.15, -0.1) is 0 Å². The summed E-state index contributed by atoms with van der Waals surface area (Å²) in [7, 11) is -2.85. The first-order valence-electron chi connectivity index (χ1n) is 7.14. The van der Waals surface area contributed by atoms with Crippen molar-refractivity contribution in [1.82, 2.24) is 9.88 Å². The number of nitrogens with zero attached hydrogens (tertiary/aromatic N) is 2. The van der Waals surface area contributed by atoms with Gasteiger partial charge in [-0.05, 0) is 19.4 Å². The smallest absolute Gasteiger partial charge is 0.153 e. The topological polar surface area (TPSA) is 62.3 Å². The molecule has 112 valence electrons. The summed E-state index contributed by atoms with van der Waals surface area (Å²) < 4.78 is 23.2. The second-order valence-corrected chi connectivity index (χ2v) is 7.60. The lowest BCUT2D eigenvalue weighted by atomic mass is 10.2. The highest BCUT2D eigenvalue weighted by molar-refractivity contribution is 7.91. The molecule has 0 spiro atoms. The molecule has 1 aliphatic rings. The number of nitrogens with one attached hydrogen (secondary N) is 1. The van der Waals surface area contributed by atoms with Gasteiger partial charge in [-0.1, -0.05) is 13.0 Å². The molecule has 0 bridgehead atoms. The number of rotatable bonds is 5. The van der Waals surface area contributed by atoms with Crippen LogP contribution in [0.15, 0.2) is 18.3 Å². The summed E-state index contributed by atoms with van der Waals surface area (Å²) in [5.74, 6) is 1.43. The second kappa shape index (κ2) is 6.54. The van der Waals surface area contributed by atoms with Crippen LogP contribution in [0.1, 0.15) is 25.8 Å². The highest BCUT2D eigenvalue weighted by atomic mass is 32.2. The van der Waals surface area contributed by atoms with Crippen LogP contribution >= 0.6 is 0 Å². The fraction of sp³-hybridized carbons (Fsp3) is 0.643. The van der Waals surface area contributed by atoms with Crippen molar-refractivity contribution in [3.05, 3.63) is 23.9 Å². The molecule has 0 aromatic carbocycles. The molecular formula is C14H23N3O2S. The first-order valence-corrected chi connectivity index (χ1v) is 8.96. The van der Waals surface area contributed by atoms with Crippen molar-refractivity contribution in [2.75, 3.05) is 29.9 Å². The Morgan fingerprint density at radius 2 is 2.30 bits per heavy atom. The molecule has 5 nitrogen and oxygen atoms in total. The number of aromatic nitrogens is 1. The summed E-state index contributed by atoms with van der Waals surface area (Å²) in [5.41, 5.74) is 1.13. The SMILES string of the molecule is CCCNc1ncccc1CN1CCS(=O)(=O)CC1C. The maximum atomic E-state index is 11.6. The molecule has 0 aliphatic carbocycles. The summed E-state index contributed by atoms with van der Waals surface area (Å²) in [6, 6.07) is 4.05. The predicted octanol–water partition coefficient (Wildman–Crippen LogP) is 1.52. The molecule has 20 heavy (non-hydrogen) atoms. The van der Waals surface area contributed by atoms with Crippen molar-refractivity contribution >= 4 is 15.7 Å². The van der Waals surface area contributed by atoms with Gasteiger partial charge in [-0.25, -0.2) is 13.4 Å². The molecule has 1 aromatic heterocycles. The van der Waals surface area contributed by atoms with Gasteiger partial charge < -0.3 is 5.32 Å². The Hall–Kier alpha value is -1.14. The van der Waals surface area contributed by atoms with E-state index in [9.17, 15) is 8.42 Å². The molecule has 1 unspecified atom stereocenters. The van der Waals surface area contributed by atoms with E-state index in [4.69, 9.17) is 0 Å². The minimum atomic E-state index is -2.85. The number of hydrogen-bond acceptors (Lipinski definition) is 5. The molecule has 1 saturated heterocycles. The summed E-state index contributed by atoms with van der Waals surface area (Å²) in [4.78, 5) is 6.60. The Bertz CT molecular complexity index is 545. The average Bonchev–Trinajstić information content (AvgIpc) is 2.40. The highest BCUT2D eigenvalue weighted by Gasteiger charge is 2.28. The van der Waals surface area contributed by atoms with Crippen LogP contribution in [0.5, 0.6) is 0 Å². The molecule has 2 rings (SSSR count). The van der Waals surface area contributed by atoms with Crippen molar-refractivity contribution in [2.45, 2.75) is 32.9 Å². The zero-order valence-corrected chi connectivity index (χ0v) is 13.0. The van der Waals surface area contributed by atoms with Crippen molar-refractivity contribution in [1.29, 1.82) is 0 Å². The maximum absolute atomic E-state index is 11.6. The lowest BCUT2D eigenvalue weighted by Crippen LogP contribution is -2.46. The molecule has 0 saturated carbocycles. The van der Waals surface area contributed by atoms with Gasteiger partial charge in [0.2, 0.25) is 0 Å². The van der Waals surface area contributed by atoms with Gasteiger partial charge in [0.15, 0.2) is 9.84 Å². The Labute approximate surface area is 121 Å². The van der Waals surface area contributed by atoms with Gasteiger partial charge in [-0.2, -0.15) is 0 Å². The molecule has 1 aromatic rings. The van der Waals surface area contributed by atoms with E-state index in [1.54, 1.807) is 6.20 Å². The molecule has 1 atom stereocenters. The van der Waals surface area contributed by atoms with Crippen LogP contribution in [0.2, 0.25) is 0 Å². The molecule has 1 N–H and O–H groups in total. The van der Waals surface area contributed by atoms with Gasteiger partial charge in [0, 0.05) is 37.4 Å². The Morgan fingerprint density at radius 1 is 1.50 bits per heavy atom. The zero-order chi connectivity index (χ0) is 14.6. The maximum Gasteiger partial charge on any atom is 0.153 e. The van der Waals surface area contributed by atoms with Gasteiger partial charge >= 0.3 is 0 Å². The van der Waals surface area contributed by atoms with E-state index < -0.39 is 9.84 Å². The highest BCUT2D eigenvalue weighted by Crippen LogP contribution is 2.19. The quantitative estimate of drug-likeness (QED) is 0.893. The third-order valence-electron chi connectivity index (χ3n) is 3.62. The Kier molecular flexibility index (Phi) is 4.99. The standard InChI is InChI=1S/C14H23N3O2S/c1-3-6-15-14-13(5-4-7-16-14)10-17-8-9-20(18,19)11-12(17)2/h4-5,7,12H,3,6,8-11H2,1-2H3,(H,15,16). The number of anilines is 1. The van der Waals surface area contributed by atoms with Gasteiger partial charge in [-0.3, -0.25) is 4.90 Å². The van der Waals surface area contributed by atoms with E-state index in [0.717, 1.165) is 30.9 Å². The summed E-state index contributed by atoms with van der Waals surface area (Å²) in [6.07, 6.45) is 2.83. The predicted molar refractivity (Wildman–Crippen MR) is 81.5 cm³/mol. The largest absolute Gasteiger partial charge is 0.370 e. The fourth-order valence-corrected chi connectivity index (χ4v) is 4.08. The first kappa shape index (κ1) is 15.3. The molecule has 1 aliphatic heterocycles. The summed E-state index contributed by atoms with van der Waals surface area (Å²) >= 11 is 0. The lowest BCUT2D eigenvalue weighted by molar-refractivity contribution is 0.218. The zero-order valence-electron chi connectivity index (χ0n) is 12.2. The summed E-state index contributed by atoms with van der Waals surface area (Å²) in [5, 5.41) is 3.33. The third-order valence-corrected chi connectivity index (χ3v) is 5.41. The van der Waals surface area contributed by atoms with Crippen LogP contribution in [0.3, 0.4) is 0 Å². The molecule has 0 radical (unpaired) electrons. The normalized spacial score (nSPS) is 22.6. The lowest BCUT2D eigenvalue weighted by Gasteiger charge is -2.33. The Morgan fingerprint density at radius 3 is 3.00 bits per heavy atom. The van der Waals surface area contributed by atoms with E-state index in [-0.39, 0.29) is 17.5 Å². The van der Waals surface area contributed by atoms with Crippen molar-refractivity contribution in [2.24, 2.45) is 0 Å². The second-order valence-electron chi connectivity index (χ2n) is 5.37. The third kappa shape index (κ3) is 3.93. The molecule has 0 amide bonds. The fourth-order valence-electron chi connectivity index (χ4n) is 2.46. The van der Waals surface area contributed by atoms with Crippen LogP contribution in [0.25, 0.3) is 0 Å². The van der Waals surface area contributed by atoms with Gasteiger partial charge in [0.05, 0.1) is 11.5 Å². The van der Waals surface area contributed by atoms with Crippen LogP contribution < -0.4 is 5.32 Å². The molecular weight excluding hydrogens is 274 g/mol. The van der Waals surface area contributed by atoms with E-state index in [0.29, 0.717) is 6.54 Å². The minimum absolute atomic E-state index is 0.0629. The van der Waals surface area contributed by atoms with Gasteiger partial charge in [0.25, 0.3) is 0 Å². The van der Waals surface area contributed by atoms with E-state index in [1.165, 1.54) is 0 Å². The van der Waals surface area contributed by atoms with E-state index in [2.05, 4.69) is 28.2 Å². The minimum Gasteiger partial charge on any atom is -0.370 e. The summed E-state index contributed by atoms with van der Waals surface area (Å²) in [6.45, 7) is 6.34. The van der Waals surface area contributed by atoms with Crippen LogP contribution in [-0.2, 0) is 16.4 Å². The van der Waals surface area contributed by atoms with Crippen molar-refractivity contribution in [3.63, 3.8) is 0 Å². The van der Waals surface area contributed by atoms with Crippen LogP contribution in [0.4, 0.5) is 5.82 Å². The first-order chi connectivity index (χ1) is 9.52. The molecule has 2 heterocycles. The van der Waals surface area contributed by atoms with Crippen molar-refractivity contribution < 1.29 is 8.42 Å². The number of hydrogen-bond donors (Lipinski definition) is 1. The van der Waals surface area contributed by atoms with E-state index in [1.807, 2.05) is 13.0 Å². The number of pyridine rings is 1. The van der Waals surface area contributed by atoms with Crippen molar-refractivity contribution in [3.8, 4) is 0 Å². The molecule has 6 heteroatoms. The Balaban J connectivity index is 2.06. The van der Waals surface area contributed by atoms with Crippen LogP contribution in [0, 0.1) is 0 Å². The van der Waals surface area contributed by atoms with Crippen LogP contribution in [-0.4, -0.2) is 48.9 Å². The average molecular weight is 297 g/mol. The van der Waals surface area contributed by atoms with E-state index >= 15 is 0 Å².